The van der Waals surface area contributed by atoms with Crippen molar-refractivity contribution in [3.8, 4) is 5.75 Å². The molecule has 0 bridgehead atoms. The molecule has 36 heavy (non-hydrogen) atoms. The first-order chi connectivity index (χ1) is 17.0. The zero-order chi connectivity index (χ0) is 25.7. The second kappa shape index (κ2) is 8.99. The summed E-state index contributed by atoms with van der Waals surface area (Å²) in [5, 5.41) is 0. The van der Waals surface area contributed by atoms with Gasteiger partial charge in [-0.15, -0.1) is 0 Å². The molecule has 1 amide bonds. The molecule has 1 unspecified atom stereocenters. The number of hydrogen-bond donors (Lipinski definition) is 0. The van der Waals surface area contributed by atoms with E-state index in [0.29, 0.717) is 28.9 Å². The first-order valence-electron chi connectivity index (χ1n) is 11.7. The van der Waals surface area contributed by atoms with Gasteiger partial charge in [0.2, 0.25) is 0 Å². The molecule has 6 nitrogen and oxygen atoms in total. The lowest BCUT2D eigenvalue weighted by Crippen LogP contribution is -2.44. The Hall–Kier alpha value is -3.27. The lowest BCUT2D eigenvalue weighted by atomic mass is 9.92. The number of fused-ring (bicyclic) bond motifs is 1. The fourth-order valence-corrected chi connectivity index (χ4v) is 5.02. The monoisotopic (exact) mass is 504 g/mol. The van der Waals surface area contributed by atoms with Crippen LogP contribution < -0.4 is 4.74 Å². The van der Waals surface area contributed by atoms with Gasteiger partial charge in [-0.05, 0) is 29.7 Å². The van der Waals surface area contributed by atoms with E-state index in [1.807, 2.05) is 0 Å². The van der Waals surface area contributed by atoms with Crippen molar-refractivity contribution in [1.29, 1.82) is 0 Å². The summed E-state index contributed by atoms with van der Waals surface area (Å²) in [5.41, 5.74) is 2.55. The molecule has 2 aliphatic heterocycles. The fourth-order valence-electron chi connectivity index (χ4n) is 5.02. The van der Waals surface area contributed by atoms with Crippen molar-refractivity contribution in [3.63, 3.8) is 0 Å². The Bertz CT molecular complexity index is 1200. The minimum Gasteiger partial charge on any atom is -0.489 e. The Balaban J connectivity index is 1.22. The lowest BCUT2D eigenvalue weighted by Gasteiger charge is -2.29. The number of amides is 1. The van der Waals surface area contributed by atoms with Crippen molar-refractivity contribution in [1.82, 2.24) is 9.80 Å². The van der Waals surface area contributed by atoms with Crippen molar-refractivity contribution in [2.75, 3.05) is 13.1 Å². The molecule has 1 aliphatic carbocycles. The van der Waals surface area contributed by atoms with Crippen molar-refractivity contribution in [3.05, 3.63) is 64.7 Å². The van der Waals surface area contributed by atoms with E-state index < -0.39 is 31.0 Å². The number of alkyl halides is 4. The van der Waals surface area contributed by atoms with Crippen molar-refractivity contribution in [2.45, 2.75) is 56.8 Å². The van der Waals surface area contributed by atoms with Crippen LogP contribution in [0.15, 0.2) is 42.5 Å². The Morgan fingerprint density at radius 1 is 0.917 bits per heavy atom. The van der Waals surface area contributed by atoms with Gasteiger partial charge in [0.15, 0.2) is 5.78 Å². The Kier molecular flexibility index (Phi) is 6.10. The number of carbonyl (C=O) groups excluding carboxylic acids is 3. The molecule has 2 heterocycles. The normalized spacial score (nSPS) is 23.3. The number of carbonyl (C=O) groups is 3. The lowest BCUT2D eigenvalue weighted by molar-refractivity contribution is -0.172. The minimum atomic E-state index is -4.03. The predicted octanol–water partition coefficient (Wildman–Crippen LogP) is 4.00. The maximum absolute atomic E-state index is 13.4. The summed E-state index contributed by atoms with van der Waals surface area (Å²) >= 11 is 0. The van der Waals surface area contributed by atoms with Gasteiger partial charge in [0, 0.05) is 24.1 Å². The summed E-state index contributed by atoms with van der Waals surface area (Å²) < 4.78 is 59.7. The number of rotatable bonds is 6. The summed E-state index contributed by atoms with van der Waals surface area (Å²) in [4.78, 5) is 39.4. The predicted molar refractivity (Wildman–Crippen MR) is 120 cm³/mol. The van der Waals surface area contributed by atoms with Crippen molar-refractivity contribution in [2.24, 2.45) is 0 Å². The van der Waals surface area contributed by atoms with Crippen LogP contribution in [0.2, 0.25) is 0 Å². The zero-order valence-electron chi connectivity index (χ0n) is 19.3. The van der Waals surface area contributed by atoms with Gasteiger partial charge in [0.05, 0.1) is 32.1 Å². The van der Waals surface area contributed by atoms with Crippen LogP contribution in [0, 0.1) is 0 Å². The van der Waals surface area contributed by atoms with E-state index in [2.05, 4.69) is 0 Å². The van der Waals surface area contributed by atoms with E-state index in [0.717, 1.165) is 10.5 Å². The van der Waals surface area contributed by atoms with E-state index in [1.54, 1.807) is 42.5 Å². The zero-order valence-corrected chi connectivity index (χ0v) is 19.3. The molecular weight excluding hydrogens is 480 g/mol. The highest BCUT2D eigenvalue weighted by Gasteiger charge is 2.62. The van der Waals surface area contributed by atoms with E-state index >= 15 is 0 Å². The number of Topliss-reactive ketones (excluding diaryl/α,β-unsaturated/α-hetero) is 2. The van der Waals surface area contributed by atoms with Gasteiger partial charge >= 0.3 is 11.8 Å². The molecular formula is C26H24F4N2O4. The molecule has 2 aromatic carbocycles. The van der Waals surface area contributed by atoms with Gasteiger partial charge in [0.25, 0.3) is 5.91 Å². The highest BCUT2D eigenvalue weighted by molar-refractivity contribution is 6.07. The molecule has 2 aromatic rings. The van der Waals surface area contributed by atoms with Gasteiger partial charge < -0.3 is 9.64 Å². The molecule has 2 fully saturated rings. The third-order valence-corrected chi connectivity index (χ3v) is 6.97. The maximum Gasteiger partial charge on any atom is 0.323 e. The standard InChI is InChI=1S/C26H24F4N2O4/c27-25(28)14-31(15-26(25,29)30)11-16-4-6-17(7-5-16)13-36-23-3-1-2-19-20(23)12-32(24(19)35)21-9-8-18(33)10-22(21)34/h1-7,21H,8-15H2. The highest BCUT2D eigenvalue weighted by atomic mass is 19.3. The number of likely N-dealkylation sites (tertiary alicyclic amines) is 1. The number of benzene rings is 2. The van der Waals surface area contributed by atoms with Crippen LogP contribution in [-0.2, 0) is 29.3 Å². The maximum atomic E-state index is 13.4. The summed E-state index contributed by atoms with van der Waals surface area (Å²) in [7, 11) is 0. The molecule has 0 aromatic heterocycles. The molecule has 5 rings (SSSR count). The van der Waals surface area contributed by atoms with Gasteiger partial charge in [0.1, 0.15) is 18.1 Å². The van der Waals surface area contributed by atoms with Gasteiger partial charge in [-0.2, -0.15) is 17.6 Å². The topological polar surface area (TPSA) is 66.9 Å². The SMILES string of the molecule is O=C1CCC(N2Cc3c(OCc4ccc(CN5CC(F)(F)C(F)(F)C5)cc4)cccc3C2=O)C(=O)C1. The van der Waals surface area contributed by atoms with Crippen LogP contribution in [0.4, 0.5) is 17.6 Å². The van der Waals surface area contributed by atoms with Gasteiger partial charge in [-0.3, -0.25) is 19.3 Å². The molecule has 1 saturated carbocycles. The average molecular weight is 504 g/mol. The van der Waals surface area contributed by atoms with E-state index in [-0.39, 0.29) is 50.0 Å². The van der Waals surface area contributed by atoms with Crippen LogP contribution in [0.25, 0.3) is 0 Å². The third-order valence-electron chi connectivity index (χ3n) is 6.97. The summed E-state index contributed by atoms with van der Waals surface area (Å²) in [6.45, 7) is -1.59. The van der Waals surface area contributed by atoms with E-state index in [4.69, 9.17) is 4.74 Å². The Morgan fingerprint density at radius 2 is 1.58 bits per heavy atom. The number of ether oxygens (including phenoxy) is 1. The fraction of sp³-hybridized carbons (Fsp3) is 0.423. The van der Waals surface area contributed by atoms with Crippen LogP contribution in [0.5, 0.6) is 5.75 Å². The summed E-state index contributed by atoms with van der Waals surface area (Å²) in [6.07, 6.45) is 0.456. The number of ketones is 2. The number of nitrogens with zero attached hydrogens (tertiary/aromatic N) is 2. The molecule has 1 atom stereocenters. The largest absolute Gasteiger partial charge is 0.489 e. The molecule has 0 N–H and O–H groups in total. The third kappa shape index (κ3) is 4.50. The second-order valence-corrected chi connectivity index (χ2v) is 9.61. The first-order valence-corrected chi connectivity index (χ1v) is 11.7. The number of hydrogen-bond acceptors (Lipinski definition) is 5. The first kappa shape index (κ1) is 24.4. The minimum absolute atomic E-state index is 0.0120. The molecule has 10 heteroatoms. The van der Waals surface area contributed by atoms with Gasteiger partial charge in [-0.25, -0.2) is 0 Å². The number of halogens is 4. The Morgan fingerprint density at radius 3 is 2.25 bits per heavy atom. The van der Waals surface area contributed by atoms with Crippen LogP contribution >= 0.6 is 0 Å². The molecule has 0 spiro atoms. The van der Waals surface area contributed by atoms with Crippen LogP contribution in [0.1, 0.15) is 46.3 Å². The molecule has 3 aliphatic rings. The molecule has 1 saturated heterocycles. The summed E-state index contributed by atoms with van der Waals surface area (Å²) in [6, 6.07) is 11.4. The van der Waals surface area contributed by atoms with E-state index in [9.17, 15) is 31.9 Å². The second-order valence-electron chi connectivity index (χ2n) is 9.61. The van der Waals surface area contributed by atoms with E-state index in [1.165, 1.54) is 4.90 Å². The van der Waals surface area contributed by atoms with Crippen LogP contribution in [-0.4, -0.2) is 58.2 Å². The average Bonchev–Trinajstić information content (AvgIpc) is 3.25. The highest BCUT2D eigenvalue weighted by Crippen LogP contribution is 2.41. The van der Waals surface area contributed by atoms with Crippen molar-refractivity contribution >= 4 is 17.5 Å². The van der Waals surface area contributed by atoms with Crippen LogP contribution in [0.3, 0.4) is 0 Å². The smallest absolute Gasteiger partial charge is 0.323 e. The summed E-state index contributed by atoms with van der Waals surface area (Å²) in [5.74, 6) is -8.16. The van der Waals surface area contributed by atoms with Crippen molar-refractivity contribution < 1.29 is 36.7 Å². The Labute approximate surface area is 204 Å². The quantitative estimate of drug-likeness (QED) is 0.440. The molecule has 0 radical (unpaired) electrons. The molecule has 190 valence electrons. The van der Waals surface area contributed by atoms with Gasteiger partial charge in [-0.1, -0.05) is 30.3 Å².